The van der Waals surface area contributed by atoms with Crippen LogP contribution < -0.4 is 5.32 Å². The third-order valence-electron chi connectivity index (χ3n) is 3.11. The van der Waals surface area contributed by atoms with E-state index < -0.39 is 0 Å². The highest BCUT2D eigenvalue weighted by Crippen LogP contribution is 2.34. The molecule has 0 aliphatic carbocycles. The summed E-state index contributed by atoms with van der Waals surface area (Å²) < 4.78 is 0. The van der Waals surface area contributed by atoms with E-state index in [1.54, 1.807) is 13.0 Å². The fourth-order valence-corrected chi connectivity index (χ4v) is 2.15. The van der Waals surface area contributed by atoms with Crippen LogP contribution in [0.5, 0.6) is 0 Å². The van der Waals surface area contributed by atoms with Gasteiger partial charge in [-0.25, -0.2) is 0 Å². The van der Waals surface area contributed by atoms with Crippen LogP contribution in [0.25, 0.3) is 0 Å². The molecule has 1 heterocycles. The van der Waals surface area contributed by atoms with Crippen molar-refractivity contribution in [2.45, 2.75) is 39.2 Å². The van der Waals surface area contributed by atoms with E-state index in [4.69, 9.17) is 0 Å². The maximum Gasteiger partial charge on any atom is 0.274 e. The van der Waals surface area contributed by atoms with Crippen LogP contribution in [0.2, 0.25) is 0 Å². The zero-order valence-electron chi connectivity index (χ0n) is 9.83. The molecule has 1 aromatic rings. The first-order chi connectivity index (χ1) is 7.39. The van der Waals surface area contributed by atoms with Crippen molar-refractivity contribution in [2.24, 2.45) is 0 Å². The second-order valence-electron chi connectivity index (χ2n) is 5.06. The number of anilines is 1. The molecule has 0 fully saturated rings. The average molecular weight is 220 g/mol. The zero-order valence-corrected chi connectivity index (χ0v) is 9.83. The second kappa shape index (κ2) is 3.47. The Morgan fingerprint density at radius 3 is 2.75 bits per heavy atom. The number of hydrogen-bond donors (Lipinski definition) is 1. The van der Waals surface area contributed by atoms with Crippen LogP contribution in [0.1, 0.15) is 31.4 Å². The Kier molecular flexibility index (Phi) is 2.37. The Morgan fingerprint density at radius 2 is 2.12 bits per heavy atom. The lowest BCUT2D eigenvalue weighted by atomic mass is 9.88. The number of benzene rings is 1. The van der Waals surface area contributed by atoms with E-state index in [-0.39, 0.29) is 16.1 Å². The van der Waals surface area contributed by atoms with E-state index in [0.717, 1.165) is 24.1 Å². The molecule has 0 saturated heterocycles. The van der Waals surface area contributed by atoms with Gasteiger partial charge in [0.25, 0.3) is 5.69 Å². The maximum atomic E-state index is 10.8. The van der Waals surface area contributed by atoms with E-state index in [1.165, 1.54) is 5.56 Å². The summed E-state index contributed by atoms with van der Waals surface area (Å²) in [6.45, 7) is 6.02. The van der Waals surface area contributed by atoms with Gasteiger partial charge < -0.3 is 5.32 Å². The van der Waals surface area contributed by atoms with Crippen molar-refractivity contribution < 1.29 is 4.92 Å². The van der Waals surface area contributed by atoms with Crippen LogP contribution in [-0.4, -0.2) is 10.5 Å². The third-order valence-corrected chi connectivity index (χ3v) is 3.11. The molecular formula is C12H16N2O2. The molecule has 0 saturated carbocycles. The first-order valence-electron chi connectivity index (χ1n) is 5.45. The Labute approximate surface area is 94.8 Å². The van der Waals surface area contributed by atoms with Crippen LogP contribution in [-0.2, 0) is 6.42 Å². The largest absolute Gasteiger partial charge is 0.380 e. The molecular weight excluding hydrogens is 204 g/mol. The molecule has 2 rings (SSSR count). The van der Waals surface area contributed by atoms with Gasteiger partial charge in [0, 0.05) is 22.9 Å². The van der Waals surface area contributed by atoms with E-state index in [9.17, 15) is 10.1 Å². The van der Waals surface area contributed by atoms with Crippen LogP contribution in [0.4, 0.5) is 11.4 Å². The number of aryl methyl sites for hydroxylation is 2. The molecule has 4 heteroatoms. The minimum absolute atomic E-state index is 0.0239. The van der Waals surface area contributed by atoms with Crippen LogP contribution in [0.3, 0.4) is 0 Å². The van der Waals surface area contributed by atoms with Crippen molar-refractivity contribution in [3.63, 3.8) is 0 Å². The number of nitro groups is 1. The van der Waals surface area contributed by atoms with Crippen molar-refractivity contribution in [3.8, 4) is 0 Å². The molecule has 0 spiro atoms. The first kappa shape index (κ1) is 10.9. The first-order valence-corrected chi connectivity index (χ1v) is 5.45. The van der Waals surface area contributed by atoms with Gasteiger partial charge in [-0.15, -0.1) is 0 Å². The smallest absolute Gasteiger partial charge is 0.274 e. The van der Waals surface area contributed by atoms with Crippen molar-refractivity contribution >= 4 is 11.4 Å². The summed E-state index contributed by atoms with van der Waals surface area (Å²) in [5, 5.41) is 14.2. The molecule has 1 aliphatic rings. The lowest BCUT2D eigenvalue weighted by Gasteiger charge is -2.33. The van der Waals surface area contributed by atoms with Gasteiger partial charge in [0.15, 0.2) is 0 Å². The van der Waals surface area contributed by atoms with Gasteiger partial charge in [-0.1, -0.05) is 0 Å². The molecule has 1 aromatic carbocycles. The average Bonchev–Trinajstić information content (AvgIpc) is 2.16. The van der Waals surface area contributed by atoms with Gasteiger partial charge in [-0.2, -0.15) is 0 Å². The normalized spacial score (nSPS) is 17.4. The fraction of sp³-hybridized carbons (Fsp3) is 0.500. The predicted octanol–water partition coefficient (Wildman–Crippen LogP) is 3.04. The lowest BCUT2D eigenvalue weighted by molar-refractivity contribution is -0.385. The quantitative estimate of drug-likeness (QED) is 0.584. The highest BCUT2D eigenvalue weighted by molar-refractivity contribution is 5.62. The van der Waals surface area contributed by atoms with Gasteiger partial charge in [0.2, 0.25) is 0 Å². The summed E-state index contributed by atoms with van der Waals surface area (Å²) in [7, 11) is 0. The minimum Gasteiger partial charge on any atom is -0.380 e. The van der Waals surface area contributed by atoms with Crippen LogP contribution in [0.15, 0.2) is 12.1 Å². The van der Waals surface area contributed by atoms with Gasteiger partial charge in [0.1, 0.15) is 0 Å². The molecule has 0 radical (unpaired) electrons. The monoisotopic (exact) mass is 220 g/mol. The van der Waals surface area contributed by atoms with E-state index in [0.29, 0.717) is 0 Å². The summed E-state index contributed by atoms with van der Waals surface area (Å²) >= 11 is 0. The molecule has 0 bridgehead atoms. The Bertz CT molecular complexity index is 453. The molecule has 1 aliphatic heterocycles. The summed E-state index contributed by atoms with van der Waals surface area (Å²) in [5.74, 6) is 0. The number of nitrogens with zero attached hydrogens (tertiary/aromatic N) is 1. The number of nitrogens with one attached hydrogen (secondary N) is 1. The summed E-state index contributed by atoms with van der Waals surface area (Å²) in [6, 6.07) is 3.58. The summed E-state index contributed by atoms with van der Waals surface area (Å²) in [6.07, 6.45) is 2.03. The molecule has 16 heavy (non-hydrogen) atoms. The molecule has 0 unspecified atom stereocenters. The number of rotatable bonds is 1. The van der Waals surface area contributed by atoms with Crippen molar-refractivity contribution in [3.05, 3.63) is 33.4 Å². The van der Waals surface area contributed by atoms with Crippen LogP contribution in [0, 0.1) is 17.0 Å². The Hall–Kier alpha value is -1.58. The molecule has 0 atom stereocenters. The molecule has 0 aromatic heterocycles. The van der Waals surface area contributed by atoms with Gasteiger partial charge >= 0.3 is 0 Å². The van der Waals surface area contributed by atoms with E-state index in [1.807, 2.05) is 6.07 Å². The highest BCUT2D eigenvalue weighted by Gasteiger charge is 2.26. The predicted molar refractivity (Wildman–Crippen MR) is 63.9 cm³/mol. The number of nitro benzene ring substituents is 1. The third kappa shape index (κ3) is 1.87. The van der Waals surface area contributed by atoms with Gasteiger partial charge in [-0.3, -0.25) is 10.1 Å². The Balaban J connectivity index is 2.48. The van der Waals surface area contributed by atoms with Crippen LogP contribution >= 0.6 is 0 Å². The summed E-state index contributed by atoms with van der Waals surface area (Å²) in [4.78, 5) is 10.5. The van der Waals surface area contributed by atoms with Gasteiger partial charge in [-0.05, 0) is 45.2 Å². The molecule has 86 valence electrons. The van der Waals surface area contributed by atoms with E-state index in [2.05, 4.69) is 19.2 Å². The number of hydrogen-bond acceptors (Lipinski definition) is 3. The standard InChI is InChI=1S/C12H16N2O2/c1-8-6-9-4-5-12(2,3)13-10(9)7-11(8)14(15)16/h6-7,13H,4-5H2,1-3H3. The molecule has 4 nitrogen and oxygen atoms in total. The summed E-state index contributed by atoms with van der Waals surface area (Å²) in [5.41, 5.74) is 3.06. The maximum absolute atomic E-state index is 10.8. The SMILES string of the molecule is Cc1cc2c(cc1[N+](=O)[O-])NC(C)(C)CC2. The van der Waals surface area contributed by atoms with Crippen molar-refractivity contribution in [2.75, 3.05) is 5.32 Å². The second-order valence-corrected chi connectivity index (χ2v) is 5.06. The lowest BCUT2D eigenvalue weighted by Crippen LogP contribution is -2.35. The molecule has 0 amide bonds. The number of fused-ring (bicyclic) bond motifs is 1. The fourth-order valence-electron chi connectivity index (χ4n) is 2.15. The van der Waals surface area contributed by atoms with Gasteiger partial charge in [0.05, 0.1) is 4.92 Å². The minimum atomic E-state index is -0.321. The highest BCUT2D eigenvalue weighted by atomic mass is 16.6. The zero-order chi connectivity index (χ0) is 11.9. The Morgan fingerprint density at radius 1 is 1.44 bits per heavy atom. The van der Waals surface area contributed by atoms with Crippen molar-refractivity contribution in [1.29, 1.82) is 0 Å². The topological polar surface area (TPSA) is 55.2 Å². The van der Waals surface area contributed by atoms with Crippen molar-refractivity contribution in [1.82, 2.24) is 0 Å². The van der Waals surface area contributed by atoms with E-state index >= 15 is 0 Å². The molecule has 1 N–H and O–H groups in total.